The molecule has 0 unspecified atom stereocenters. The van der Waals surface area contributed by atoms with Crippen LogP contribution in [-0.2, 0) is 11.0 Å². The molecule has 0 saturated heterocycles. The standard InChI is InChI=1S/C19H20F3N5O/c20-19(21,22)14-5-4-6-16(9-14)27-12-15(10-25-27)24-11-17(28)26-18(13-23)7-2-1-3-8-18/h4-6,9-10,12,24H,1-3,7-8,11H2,(H,26,28). The Labute approximate surface area is 160 Å². The van der Waals surface area contributed by atoms with Gasteiger partial charge in [0.05, 0.1) is 41.9 Å². The van der Waals surface area contributed by atoms with Gasteiger partial charge in [0.25, 0.3) is 0 Å². The lowest BCUT2D eigenvalue weighted by Gasteiger charge is -2.31. The molecule has 1 aromatic heterocycles. The van der Waals surface area contributed by atoms with Crippen molar-refractivity contribution in [3.63, 3.8) is 0 Å². The Morgan fingerprint density at radius 2 is 2.04 bits per heavy atom. The Hall–Kier alpha value is -3.02. The van der Waals surface area contributed by atoms with E-state index in [4.69, 9.17) is 0 Å². The number of anilines is 1. The van der Waals surface area contributed by atoms with Crippen molar-refractivity contribution in [2.45, 2.75) is 43.8 Å². The van der Waals surface area contributed by atoms with Crippen LogP contribution < -0.4 is 10.6 Å². The Balaban J connectivity index is 1.61. The second-order valence-electron chi connectivity index (χ2n) is 6.88. The van der Waals surface area contributed by atoms with Gasteiger partial charge in [-0.25, -0.2) is 4.68 Å². The van der Waals surface area contributed by atoms with Gasteiger partial charge in [0.1, 0.15) is 5.54 Å². The molecule has 1 aliphatic rings. The third kappa shape index (κ3) is 4.63. The van der Waals surface area contributed by atoms with Gasteiger partial charge in [0.15, 0.2) is 0 Å². The number of rotatable bonds is 5. The lowest BCUT2D eigenvalue weighted by molar-refractivity contribution is -0.137. The van der Waals surface area contributed by atoms with E-state index < -0.39 is 17.3 Å². The molecule has 1 saturated carbocycles. The number of aromatic nitrogens is 2. The Kier molecular flexibility index (Phi) is 5.58. The summed E-state index contributed by atoms with van der Waals surface area (Å²) in [5.74, 6) is -0.310. The topological polar surface area (TPSA) is 82.7 Å². The first-order chi connectivity index (χ1) is 13.3. The molecule has 28 heavy (non-hydrogen) atoms. The van der Waals surface area contributed by atoms with Crippen LogP contribution in [0.2, 0.25) is 0 Å². The quantitative estimate of drug-likeness (QED) is 0.815. The number of nitrogens with zero attached hydrogens (tertiary/aromatic N) is 3. The fraction of sp³-hybridized carbons (Fsp3) is 0.421. The normalized spacial score (nSPS) is 16.2. The highest BCUT2D eigenvalue weighted by Gasteiger charge is 2.33. The van der Waals surface area contributed by atoms with Crippen LogP contribution in [0.4, 0.5) is 18.9 Å². The molecule has 0 bridgehead atoms. The monoisotopic (exact) mass is 391 g/mol. The van der Waals surface area contributed by atoms with Crippen molar-refractivity contribution in [2.24, 2.45) is 0 Å². The molecule has 0 spiro atoms. The van der Waals surface area contributed by atoms with Gasteiger partial charge in [-0.1, -0.05) is 25.3 Å². The van der Waals surface area contributed by atoms with Gasteiger partial charge in [0, 0.05) is 0 Å². The summed E-state index contributed by atoms with van der Waals surface area (Å²) in [5, 5.41) is 19.1. The zero-order valence-corrected chi connectivity index (χ0v) is 15.1. The minimum atomic E-state index is -4.43. The van der Waals surface area contributed by atoms with E-state index in [9.17, 15) is 23.2 Å². The molecule has 1 fully saturated rings. The van der Waals surface area contributed by atoms with Crippen LogP contribution in [0, 0.1) is 11.3 Å². The first kappa shape index (κ1) is 19.7. The maximum Gasteiger partial charge on any atom is 0.416 e. The van der Waals surface area contributed by atoms with E-state index in [0.29, 0.717) is 18.5 Å². The van der Waals surface area contributed by atoms with Crippen LogP contribution in [0.25, 0.3) is 5.69 Å². The molecule has 0 atom stereocenters. The van der Waals surface area contributed by atoms with Gasteiger partial charge in [0.2, 0.25) is 5.91 Å². The first-order valence-electron chi connectivity index (χ1n) is 9.00. The molecular formula is C19H20F3N5O. The molecule has 0 aliphatic heterocycles. The average molecular weight is 391 g/mol. The summed E-state index contributed by atoms with van der Waals surface area (Å²) in [6.07, 6.45) is 2.66. The number of nitriles is 1. The van der Waals surface area contributed by atoms with Crippen molar-refractivity contribution < 1.29 is 18.0 Å². The third-order valence-electron chi connectivity index (χ3n) is 4.77. The lowest BCUT2D eigenvalue weighted by Crippen LogP contribution is -2.50. The number of nitrogens with one attached hydrogen (secondary N) is 2. The highest BCUT2D eigenvalue weighted by atomic mass is 19.4. The minimum Gasteiger partial charge on any atom is -0.374 e. The highest BCUT2D eigenvalue weighted by molar-refractivity contribution is 5.81. The molecule has 2 aromatic rings. The summed E-state index contributed by atoms with van der Waals surface area (Å²) < 4.78 is 39.8. The molecule has 2 N–H and O–H groups in total. The smallest absolute Gasteiger partial charge is 0.374 e. The number of carbonyl (C=O) groups excluding carboxylic acids is 1. The van der Waals surface area contributed by atoms with E-state index in [1.807, 2.05) is 0 Å². The van der Waals surface area contributed by atoms with E-state index in [0.717, 1.165) is 31.4 Å². The third-order valence-corrected chi connectivity index (χ3v) is 4.77. The van der Waals surface area contributed by atoms with Gasteiger partial charge in [-0.2, -0.15) is 23.5 Å². The Morgan fingerprint density at radius 1 is 1.29 bits per heavy atom. The molecule has 1 aromatic carbocycles. The molecule has 1 aliphatic carbocycles. The van der Waals surface area contributed by atoms with E-state index >= 15 is 0 Å². The number of carbonyl (C=O) groups is 1. The summed E-state index contributed by atoms with van der Waals surface area (Å²) in [6, 6.07) is 7.04. The highest BCUT2D eigenvalue weighted by Crippen LogP contribution is 2.30. The zero-order valence-electron chi connectivity index (χ0n) is 15.1. The van der Waals surface area contributed by atoms with Crippen molar-refractivity contribution >= 4 is 11.6 Å². The van der Waals surface area contributed by atoms with Crippen LogP contribution in [0.5, 0.6) is 0 Å². The van der Waals surface area contributed by atoms with Crippen LogP contribution in [0.1, 0.15) is 37.7 Å². The second kappa shape index (κ2) is 7.92. The van der Waals surface area contributed by atoms with Crippen molar-refractivity contribution in [3.05, 3.63) is 42.2 Å². The molecule has 9 heteroatoms. The summed E-state index contributed by atoms with van der Waals surface area (Å²) in [7, 11) is 0. The van der Waals surface area contributed by atoms with Gasteiger partial charge in [-0.3, -0.25) is 4.79 Å². The maximum atomic E-state index is 12.8. The number of hydrogen-bond donors (Lipinski definition) is 2. The van der Waals surface area contributed by atoms with Crippen LogP contribution in [-0.4, -0.2) is 27.8 Å². The fourth-order valence-corrected chi connectivity index (χ4v) is 3.29. The molecule has 1 heterocycles. The molecule has 0 radical (unpaired) electrons. The molecule has 6 nitrogen and oxygen atoms in total. The largest absolute Gasteiger partial charge is 0.416 e. The molecule has 1 amide bonds. The predicted octanol–water partition coefficient (Wildman–Crippen LogP) is 3.65. The molecule has 148 valence electrons. The van der Waals surface area contributed by atoms with Gasteiger partial charge < -0.3 is 10.6 Å². The molecule has 3 rings (SSSR count). The number of hydrogen-bond acceptors (Lipinski definition) is 4. The van der Waals surface area contributed by atoms with Crippen molar-refractivity contribution in [1.82, 2.24) is 15.1 Å². The van der Waals surface area contributed by atoms with Crippen LogP contribution >= 0.6 is 0 Å². The Bertz CT molecular complexity index is 878. The SMILES string of the molecule is N#CC1(NC(=O)CNc2cnn(-c3cccc(C(F)(F)F)c3)c2)CCCCC1. The number of alkyl halides is 3. The van der Waals surface area contributed by atoms with E-state index in [1.54, 1.807) is 0 Å². The fourth-order valence-electron chi connectivity index (χ4n) is 3.29. The lowest BCUT2D eigenvalue weighted by atomic mass is 9.83. The summed E-state index contributed by atoms with van der Waals surface area (Å²) in [4.78, 5) is 12.2. The predicted molar refractivity (Wildman–Crippen MR) is 96.6 cm³/mol. The summed E-state index contributed by atoms with van der Waals surface area (Å²) in [5.41, 5.74) is -0.817. The van der Waals surface area contributed by atoms with E-state index in [1.165, 1.54) is 29.2 Å². The van der Waals surface area contributed by atoms with Crippen LogP contribution in [0.3, 0.4) is 0 Å². The zero-order chi connectivity index (χ0) is 20.2. The average Bonchev–Trinajstić information content (AvgIpc) is 3.16. The summed E-state index contributed by atoms with van der Waals surface area (Å²) >= 11 is 0. The van der Waals surface area contributed by atoms with E-state index in [2.05, 4.69) is 21.8 Å². The van der Waals surface area contributed by atoms with Crippen molar-refractivity contribution in [2.75, 3.05) is 11.9 Å². The molecular weight excluding hydrogens is 371 g/mol. The number of amides is 1. The second-order valence-corrected chi connectivity index (χ2v) is 6.88. The number of halogens is 3. The summed E-state index contributed by atoms with van der Waals surface area (Å²) in [6.45, 7) is -0.0578. The van der Waals surface area contributed by atoms with Crippen LogP contribution in [0.15, 0.2) is 36.7 Å². The van der Waals surface area contributed by atoms with Crippen molar-refractivity contribution in [3.8, 4) is 11.8 Å². The number of benzene rings is 1. The van der Waals surface area contributed by atoms with Crippen molar-refractivity contribution in [1.29, 1.82) is 5.26 Å². The van der Waals surface area contributed by atoms with Gasteiger partial charge >= 0.3 is 6.18 Å². The van der Waals surface area contributed by atoms with Gasteiger partial charge in [-0.05, 0) is 31.0 Å². The maximum absolute atomic E-state index is 12.8. The van der Waals surface area contributed by atoms with Gasteiger partial charge in [-0.15, -0.1) is 0 Å². The minimum absolute atomic E-state index is 0.0578. The van der Waals surface area contributed by atoms with E-state index in [-0.39, 0.29) is 18.1 Å². The Morgan fingerprint density at radius 3 is 2.71 bits per heavy atom. The first-order valence-corrected chi connectivity index (χ1v) is 9.00.